The highest BCUT2D eigenvalue weighted by molar-refractivity contribution is 7.89. The number of rotatable bonds is 8. The first-order valence-corrected chi connectivity index (χ1v) is 8.00. The smallest absolute Gasteiger partial charge is 0.216 e. The highest BCUT2D eigenvalue weighted by Gasteiger charge is 2.30. The number of hydrogen-bond acceptors (Lipinski definition) is 4. The van der Waals surface area contributed by atoms with Crippen LogP contribution in [0.2, 0.25) is 0 Å². The van der Waals surface area contributed by atoms with E-state index in [0.29, 0.717) is 19.8 Å². The molecule has 102 valence electrons. The Labute approximate surface area is 105 Å². The number of sulfonamides is 1. The van der Waals surface area contributed by atoms with Gasteiger partial charge in [0, 0.05) is 25.7 Å². The van der Waals surface area contributed by atoms with Gasteiger partial charge in [-0.05, 0) is 26.3 Å². The third kappa shape index (κ3) is 4.54. The van der Waals surface area contributed by atoms with Crippen LogP contribution >= 0.6 is 0 Å². The molecule has 0 bridgehead atoms. The van der Waals surface area contributed by atoms with Crippen molar-refractivity contribution in [3.63, 3.8) is 0 Å². The molecule has 6 heteroatoms. The SMILES string of the molecule is CCCN(C1CCNC1)S(=O)(=O)CCOCC. The summed E-state index contributed by atoms with van der Waals surface area (Å²) in [4.78, 5) is 0. The van der Waals surface area contributed by atoms with E-state index in [-0.39, 0.29) is 11.8 Å². The Morgan fingerprint density at radius 1 is 1.41 bits per heavy atom. The van der Waals surface area contributed by atoms with Crippen LogP contribution in [0, 0.1) is 0 Å². The fourth-order valence-electron chi connectivity index (χ4n) is 2.08. The van der Waals surface area contributed by atoms with Crippen molar-refractivity contribution in [3.05, 3.63) is 0 Å². The molecule has 1 aliphatic rings. The lowest BCUT2D eigenvalue weighted by molar-refractivity contribution is 0.162. The van der Waals surface area contributed by atoms with Crippen molar-refractivity contribution in [1.29, 1.82) is 0 Å². The fourth-order valence-corrected chi connectivity index (χ4v) is 3.74. The third-order valence-electron chi connectivity index (χ3n) is 2.93. The molecule has 0 radical (unpaired) electrons. The predicted octanol–water partition coefficient (Wildman–Crippen LogP) is 0.427. The zero-order chi connectivity index (χ0) is 12.7. The Kier molecular flexibility index (Phi) is 6.40. The summed E-state index contributed by atoms with van der Waals surface area (Å²) in [5, 5.41) is 3.21. The quantitative estimate of drug-likeness (QED) is 0.646. The molecule has 1 atom stereocenters. The Morgan fingerprint density at radius 2 is 2.18 bits per heavy atom. The van der Waals surface area contributed by atoms with E-state index in [4.69, 9.17) is 4.74 Å². The minimum Gasteiger partial charge on any atom is -0.381 e. The van der Waals surface area contributed by atoms with Crippen LogP contribution in [-0.2, 0) is 14.8 Å². The summed E-state index contributed by atoms with van der Waals surface area (Å²) < 4.78 is 31.2. The monoisotopic (exact) mass is 264 g/mol. The van der Waals surface area contributed by atoms with Crippen molar-refractivity contribution in [1.82, 2.24) is 9.62 Å². The van der Waals surface area contributed by atoms with Crippen LogP contribution < -0.4 is 5.32 Å². The summed E-state index contributed by atoms with van der Waals surface area (Å²) in [6.45, 7) is 7.03. The highest BCUT2D eigenvalue weighted by atomic mass is 32.2. The number of ether oxygens (including phenoxy) is 1. The molecule has 5 nitrogen and oxygen atoms in total. The first-order chi connectivity index (χ1) is 8.11. The van der Waals surface area contributed by atoms with Gasteiger partial charge in [0.15, 0.2) is 0 Å². The van der Waals surface area contributed by atoms with Crippen LogP contribution in [0.15, 0.2) is 0 Å². The van der Waals surface area contributed by atoms with Gasteiger partial charge in [-0.25, -0.2) is 8.42 Å². The van der Waals surface area contributed by atoms with Gasteiger partial charge in [0.1, 0.15) is 0 Å². The molecule has 1 unspecified atom stereocenters. The first-order valence-electron chi connectivity index (χ1n) is 6.39. The molecule has 0 aromatic heterocycles. The van der Waals surface area contributed by atoms with Gasteiger partial charge in [0.25, 0.3) is 0 Å². The number of nitrogens with zero attached hydrogens (tertiary/aromatic N) is 1. The van der Waals surface area contributed by atoms with E-state index in [9.17, 15) is 8.42 Å². The molecular weight excluding hydrogens is 240 g/mol. The van der Waals surface area contributed by atoms with Gasteiger partial charge in [-0.3, -0.25) is 0 Å². The fraction of sp³-hybridized carbons (Fsp3) is 1.00. The summed E-state index contributed by atoms with van der Waals surface area (Å²) in [6, 6.07) is 0.126. The van der Waals surface area contributed by atoms with Gasteiger partial charge in [0.05, 0.1) is 12.4 Å². The van der Waals surface area contributed by atoms with E-state index >= 15 is 0 Å². The molecule has 1 N–H and O–H groups in total. The second-order valence-electron chi connectivity index (χ2n) is 4.27. The lowest BCUT2D eigenvalue weighted by Crippen LogP contribution is -2.43. The molecule has 0 aromatic rings. The molecule has 1 aliphatic heterocycles. The maximum Gasteiger partial charge on any atom is 0.216 e. The Hall–Kier alpha value is -0.170. The summed E-state index contributed by atoms with van der Waals surface area (Å²) >= 11 is 0. The van der Waals surface area contributed by atoms with Gasteiger partial charge < -0.3 is 10.1 Å². The van der Waals surface area contributed by atoms with Crippen LogP contribution in [0.5, 0.6) is 0 Å². The largest absolute Gasteiger partial charge is 0.381 e. The molecule has 0 spiro atoms. The van der Waals surface area contributed by atoms with Crippen LogP contribution in [-0.4, -0.2) is 57.4 Å². The van der Waals surface area contributed by atoms with Crippen LogP contribution in [0.3, 0.4) is 0 Å². The summed E-state index contributed by atoms with van der Waals surface area (Å²) in [5.74, 6) is 0.0946. The summed E-state index contributed by atoms with van der Waals surface area (Å²) in [6.07, 6.45) is 1.76. The Bertz CT molecular complexity index is 300. The molecule has 1 heterocycles. The summed E-state index contributed by atoms with van der Waals surface area (Å²) in [5.41, 5.74) is 0. The van der Waals surface area contributed by atoms with E-state index in [1.165, 1.54) is 0 Å². The minimum absolute atomic E-state index is 0.0946. The normalized spacial score (nSPS) is 21.2. The van der Waals surface area contributed by atoms with Crippen molar-refractivity contribution in [2.45, 2.75) is 32.7 Å². The zero-order valence-electron chi connectivity index (χ0n) is 10.8. The molecule has 0 saturated carbocycles. The molecule has 1 rings (SSSR count). The van der Waals surface area contributed by atoms with Crippen LogP contribution in [0.4, 0.5) is 0 Å². The topological polar surface area (TPSA) is 58.6 Å². The Morgan fingerprint density at radius 3 is 2.71 bits per heavy atom. The molecule has 0 aromatic carbocycles. The molecule has 17 heavy (non-hydrogen) atoms. The minimum atomic E-state index is -3.17. The van der Waals surface area contributed by atoms with Gasteiger partial charge in [-0.1, -0.05) is 6.92 Å². The molecule has 1 fully saturated rings. The molecule has 1 saturated heterocycles. The molecular formula is C11H24N2O3S. The van der Waals surface area contributed by atoms with E-state index in [1.807, 2.05) is 13.8 Å². The maximum absolute atomic E-state index is 12.2. The second-order valence-corrected chi connectivity index (χ2v) is 6.31. The zero-order valence-corrected chi connectivity index (χ0v) is 11.6. The predicted molar refractivity (Wildman–Crippen MR) is 68.6 cm³/mol. The van der Waals surface area contributed by atoms with Crippen molar-refractivity contribution >= 4 is 10.0 Å². The Balaban J connectivity index is 2.60. The van der Waals surface area contributed by atoms with Crippen LogP contribution in [0.1, 0.15) is 26.7 Å². The summed E-state index contributed by atoms with van der Waals surface area (Å²) in [7, 11) is -3.17. The molecule has 0 aliphatic carbocycles. The van der Waals surface area contributed by atoms with E-state index < -0.39 is 10.0 Å². The van der Waals surface area contributed by atoms with Gasteiger partial charge >= 0.3 is 0 Å². The standard InChI is InChI=1S/C11H24N2O3S/c1-3-7-13(11-5-6-12-10-11)17(14,15)9-8-16-4-2/h11-12H,3-10H2,1-2H3. The van der Waals surface area contributed by atoms with Gasteiger partial charge in [0.2, 0.25) is 10.0 Å². The van der Waals surface area contributed by atoms with Gasteiger partial charge in [-0.15, -0.1) is 0 Å². The van der Waals surface area contributed by atoms with Crippen LogP contribution in [0.25, 0.3) is 0 Å². The van der Waals surface area contributed by atoms with E-state index in [2.05, 4.69) is 5.32 Å². The van der Waals surface area contributed by atoms with Gasteiger partial charge in [-0.2, -0.15) is 4.31 Å². The highest BCUT2D eigenvalue weighted by Crippen LogP contribution is 2.14. The lowest BCUT2D eigenvalue weighted by atomic mass is 10.2. The number of nitrogens with one attached hydrogen (secondary N) is 1. The van der Waals surface area contributed by atoms with Crippen molar-refractivity contribution in [2.24, 2.45) is 0 Å². The maximum atomic E-state index is 12.2. The first kappa shape index (κ1) is 14.9. The van der Waals surface area contributed by atoms with E-state index in [1.54, 1.807) is 4.31 Å². The third-order valence-corrected chi connectivity index (χ3v) is 4.81. The average Bonchev–Trinajstić information content (AvgIpc) is 2.79. The second kappa shape index (κ2) is 7.31. The van der Waals surface area contributed by atoms with Crippen molar-refractivity contribution < 1.29 is 13.2 Å². The van der Waals surface area contributed by atoms with Crippen molar-refractivity contribution in [2.75, 3.05) is 38.6 Å². The average molecular weight is 264 g/mol. The number of hydrogen-bond donors (Lipinski definition) is 1. The van der Waals surface area contributed by atoms with Crippen molar-refractivity contribution in [3.8, 4) is 0 Å². The lowest BCUT2D eigenvalue weighted by Gasteiger charge is -2.27. The molecule has 0 amide bonds. The van der Waals surface area contributed by atoms with E-state index in [0.717, 1.165) is 25.9 Å².